The van der Waals surface area contributed by atoms with Gasteiger partial charge in [0.25, 0.3) is 0 Å². The van der Waals surface area contributed by atoms with Gasteiger partial charge < -0.3 is 15.9 Å². The number of aryl methyl sites for hydroxylation is 1. The molecular weight excluding hydrogens is 301 g/mol. The zero-order valence-corrected chi connectivity index (χ0v) is 13.6. The number of carbonyl (C=O) groups is 2. The first kappa shape index (κ1) is 16.9. The fourth-order valence-corrected chi connectivity index (χ4v) is 2.94. The van der Waals surface area contributed by atoms with Gasteiger partial charge in [0.15, 0.2) is 0 Å². The molecule has 1 saturated heterocycles. The van der Waals surface area contributed by atoms with Gasteiger partial charge in [-0.05, 0) is 30.5 Å². The molecule has 1 aromatic rings. The molecule has 6 nitrogen and oxygen atoms in total. The van der Waals surface area contributed by atoms with Gasteiger partial charge in [-0.2, -0.15) is 0 Å². The van der Waals surface area contributed by atoms with E-state index in [0.29, 0.717) is 31.2 Å². The number of hydrogen-bond acceptors (Lipinski definition) is 5. The Morgan fingerprint density at radius 3 is 2.91 bits per heavy atom. The van der Waals surface area contributed by atoms with Crippen LogP contribution in [0.4, 0.5) is 5.69 Å². The van der Waals surface area contributed by atoms with Crippen molar-refractivity contribution in [1.29, 1.82) is 0 Å². The standard InChI is InChI=1S/C15H22N3O3P/c1-10-3-2-4-12(16)11(10)9-17-13-5-6-14(19)18(15(13)20)7-8-22-21/h2-4,13,17,21-22H,5-9,16H2,1H3. The molecule has 2 unspecified atom stereocenters. The highest BCUT2D eigenvalue weighted by molar-refractivity contribution is 7.31. The second-order valence-electron chi connectivity index (χ2n) is 5.41. The summed E-state index contributed by atoms with van der Waals surface area (Å²) in [6.07, 6.45) is 1.29. The smallest absolute Gasteiger partial charge is 0.246 e. The average molecular weight is 323 g/mol. The number of nitrogens with zero attached hydrogens (tertiary/aromatic N) is 1. The molecule has 120 valence electrons. The summed E-state index contributed by atoms with van der Waals surface area (Å²) in [6.45, 7) is 2.77. The molecule has 4 N–H and O–H groups in total. The molecule has 1 aliphatic heterocycles. The molecule has 1 aromatic carbocycles. The average Bonchev–Trinajstić information content (AvgIpc) is 2.48. The third kappa shape index (κ3) is 3.83. The van der Waals surface area contributed by atoms with Crippen LogP contribution in [0.25, 0.3) is 0 Å². The lowest BCUT2D eigenvalue weighted by atomic mass is 10.0. The fourth-order valence-electron chi connectivity index (χ4n) is 2.62. The number of nitrogen functional groups attached to an aromatic ring is 1. The number of amides is 2. The van der Waals surface area contributed by atoms with Crippen LogP contribution in [-0.2, 0) is 16.1 Å². The number of nitrogens with two attached hydrogens (primary N) is 1. The van der Waals surface area contributed by atoms with Gasteiger partial charge in [0.2, 0.25) is 11.8 Å². The van der Waals surface area contributed by atoms with Crippen molar-refractivity contribution in [1.82, 2.24) is 10.2 Å². The molecule has 1 fully saturated rings. The Labute approximate surface area is 131 Å². The van der Waals surface area contributed by atoms with Gasteiger partial charge in [0, 0.05) is 40.2 Å². The lowest BCUT2D eigenvalue weighted by molar-refractivity contribution is -0.149. The molecule has 1 heterocycles. The Hall–Kier alpha value is -1.49. The normalized spacial score (nSPS) is 19.4. The van der Waals surface area contributed by atoms with Crippen molar-refractivity contribution in [2.45, 2.75) is 32.4 Å². The molecular formula is C15H22N3O3P. The third-order valence-electron chi connectivity index (χ3n) is 3.93. The lowest BCUT2D eigenvalue weighted by Crippen LogP contribution is -2.53. The van der Waals surface area contributed by atoms with Crippen molar-refractivity contribution < 1.29 is 14.5 Å². The van der Waals surface area contributed by atoms with Crippen molar-refractivity contribution in [3.63, 3.8) is 0 Å². The summed E-state index contributed by atoms with van der Waals surface area (Å²) in [5, 5.41) is 3.21. The molecule has 2 atom stereocenters. The Balaban J connectivity index is 2.00. The Morgan fingerprint density at radius 2 is 2.23 bits per heavy atom. The van der Waals surface area contributed by atoms with Gasteiger partial charge in [0.1, 0.15) is 0 Å². The van der Waals surface area contributed by atoms with Gasteiger partial charge in [-0.15, -0.1) is 0 Å². The van der Waals surface area contributed by atoms with Crippen LogP contribution < -0.4 is 11.1 Å². The van der Waals surface area contributed by atoms with Crippen molar-refractivity contribution in [3.05, 3.63) is 29.3 Å². The van der Waals surface area contributed by atoms with Crippen LogP contribution in [0.2, 0.25) is 0 Å². The Bertz CT molecular complexity index is 545. The number of carbonyl (C=O) groups excluding carboxylic acids is 2. The fraction of sp³-hybridized carbons (Fsp3) is 0.467. The molecule has 0 spiro atoms. The highest BCUT2D eigenvalue weighted by Crippen LogP contribution is 2.19. The van der Waals surface area contributed by atoms with Gasteiger partial charge in [-0.3, -0.25) is 14.5 Å². The minimum atomic E-state index is -0.376. The first-order valence-electron chi connectivity index (χ1n) is 7.33. The van der Waals surface area contributed by atoms with E-state index in [4.69, 9.17) is 10.6 Å². The summed E-state index contributed by atoms with van der Waals surface area (Å²) in [5.74, 6) is -0.363. The Kier molecular flexibility index (Phi) is 5.89. The van der Waals surface area contributed by atoms with Crippen LogP contribution in [0.15, 0.2) is 18.2 Å². The van der Waals surface area contributed by atoms with Gasteiger partial charge in [-0.25, -0.2) is 0 Å². The number of imide groups is 1. The largest absolute Gasteiger partial charge is 0.398 e. The molecule has 7 heteroatoms. The monoisotopic (exact) mass is 323 g/mol. The van der Waals surface area contributed by atoms with Crippen LogP contribution in [0.1, 0.15) is 24.0 Å². The molecule has 0 aromatic heterocycles. The predicted octanol–water partition coefficient (Wildman–Crippen LogP) is 0.770. The van der Waals surface area contributed by atoms with Crippen LogP contribution in [0, 0.1) is 6.92 Å². The predicted molar refractivity (Wildman–Crippen MR) is 87.6 cm³/mol. The number of hydrogen-bond donors (Lipinski definition) is 3. The third-order valence-corrected chi connectivity index (χ3v) is 4.38. The quantitative estimate of drug-likeness (QED) is 0.408. The molecule has 0 radical (unpaired) electrons. The van der Waals surface area contributed by atoms with Crippen LogP contribution in [0.3, 0.4) is 0 Å². The maximum absolute atomic E-state index is 12.4. The topological polar surface area (TPSA) is 95.7 Å². The summed E-state index contributed by atoms with van der Waals surface area (Å²) in [5.41, 5.74) is 8.73. The molecule has 0 aliphatic carbocycles. The van der Waals surface area contributed by atoms with Gasteiger partial charge in [0.05, 0.1) is 6.04 Å². The van der Waals surface area contributed by atoms with E-state index in [1.165, 1.54) is 4.90 Å². The van der Waals surface area contributed by atoms with E-state index in [-0.39, 0.29) is 33.2 Å². The van der Waals surface area contributed by atoms with Crippen molar-refractivity contribution in [2.75, 3.05) is 18.4 Å². The van der Waals surface area contributed by atoms with E-state index in [0.717, 1.165) is 11.1 Å². The molecule has 22 heavy (non-hydrogen) atoms. The minimum Gasteiger partial charge on any atom is -0.398 e. The molecule has 2 rings (SSSR count). The zero-order chi connectivity index (χ0) is 16.1. The first-order valence-corrected chi connectivity index (χ1v) is 8.48. The zero-order valence-electron chi connectivity index (χ0n) is 12.6. The van der Waals surface area contributed by atoms with Gasteiger partial charge >= 0.3 is 0 Å². The second kappa shape index (κ2) is 7.68. The van der Waals surface area contributed by atoms with Gasteiger partial charge in [-0.1, -0.05) is 12.1 Å². The van der Waals surface area contributed by atoms with Crippen LogP contribution in [-0.4, -0.2) is 40.4 Å². The summed E-state index contributed by atoms with van der Waals surface area (Å²) in [4.78, 5) is 34.3. The maximum Gasteiger partial charge on any atom is 0.246 e. The van der Waals surface area contributed by atoms with Crippen molar-refractivity contribution in [3.8, 4) is 0 Å². The van der Waals surface area contributed by atoms with Crippen molar-refractivity contribution in [2.24, 2.45) is 0 Å². The molecule has 0 bridgehead atoms. The van der Waals surface area contributed by atoms with Crippen molar-refractivity contribution >= 4 is 26.3 Å². The number of likely N-dealkylation sites (tertiary alicyclic amines) is 1. The number of anilines is 1. The van der Waals surface area contributed by atoms with E-state index in [1.54, 1.807) is 0 Å². The lowest BCUT2D eigenvalue weighted by Gasteiger charge is -2.31. The molecule has 2 amide bonds. The number of piperidine rings is 1. The summed E-state index contributed by atoms with van der Waals surface area (Å²) in [6, 6.07) is 5.34. The molecule has 1 aliphatic rings. The van der Waals surface area contributed by atoms with Crippen LogP contribution in [0.5, 0.6) is 0 Å². The first-order chi connectivity index (χ1) is 10.5. The van der Waals surface area contributed by atoms with E-state index in [9.17, 15) is 9.59 Å². The maximum atomic E-state index is 12.4. The summed E-state index contributed by atoms with van der Waals surface area (Å²) >= 11 is 0. The number of rotatable bonds is 6. The summed E-state index contributed by atoms with van der Waals surface area (Å²) < 4.78 is 0. The molecule has 0 saturated carbocycles. The SMILES string of the molecule is Cc1cccc(N)c1CNC1CCC(=O)N(CCPO)C1=O. The van der Waals surface area contributed by atoms with E-state index < -0.39 is 0 Å². The van der Waals surface area contributed by atoms with E-state index >= 15 is 0 Å². The second-order valence-corrected chi connectivity index (χ2v) is 6.22. The number of nitrogens with one attached hydrogen (secondary N) is 1. The highest BCUT2D eigenvalue weighted by Gasteiger charge is 2.33. The Morgan fingerprint density at radius 1 is 1.45 bits per heavy atom. The summed E-state index contributed by atoms with van der Waals surface area (Å²) in [7, 11) is -0.254. The van der Waals surface area contributed by atoms with E-state index in [2.05, 4.69) is 5.32 Å². The highest BCUT2D eigenvalue weighted by atomic mass is 31.1. The van der Waals surface area contributed by atoms with E-state index in [1.807, 2.05) is 25.1 Å². The minimum absolute atomic E-state index is 0.156. The van der Waals surface area contributed by atoms with Crippen LogP contribution >= 0.6 is 8.81 Å². The number of benzene rings is 1.